The molecule has 94 valence electrons. The SMILES string of the molecule is COCCCOCCN1CCC(C(=O)O)C1. The maximum atomic E-state index is 10.7. The van der Waals surface area contributed by atoms with Crippen LogP contribution in [0, 0.1) is 5.92 Å². The third-order valence-electron chi connectivity index (χ3n) is 2.81. The standard InChI is InChI=1S/C11H21NO4/c1-15-6-2-7-16-8-5-12-4-3-10(9-12)11(13)14/h10H,2-9H2,1H3,(H,13,14). The highest BCUT2D eigenvalue weighted by atomic mass is 16.5. The Morgan fingerprint density at radius 1 is 1.44 bits per heavy atom. The van der Waals surface area contributed by atoms with E-state index in [0.29, 0.717) is 19.8 Å². The van der Waals surface area contributed by atoms with Gasteiger partial charge in [0.05, 0.1) is 12.5 Å². The summed E-state index contributed by atoms with van der Waals surface area (Å²) in [6, 6.07) is 0. The molecule has 1 unspecified atom stereocenters. The summed E-state index contributed by atoms with van der Waals surface area (Å²) < 4.78 is 10.3. The zero-order valence-corrected chi connectivity index (χ0v) is 9.85. The highest BCUT2D eigenvalue weighted by molar-refractivity contribution is 5.70. The fourth-order valence-corrected chi connectivity index (χ4v) is 1.84. The van der Waals surface area contributed by atoms with Gasteiger partial charge in [0.15, 0.2) is 0 Å². The molecule has 0 spiro atoms. The van der Waals surface area contributed by atoms with Crippen LogP contribution in [0.4, 0.5) is 0 Å². The lowest BCUT2D eigenvalue weighted by Crippen LogP contribution is -2.27. The Balaban J connectivity index is 1.96. The van der Waals surface area contributed by atoms with Gasteiger partial charge in [0.25, 0.3) is 0 Å². The van der Waals surface area contributed by atoms with Crippen molar-refractivity contribution in [2.45, 2.75) is 12.8 Å². The predicted molar refractivity (Wildman–Crippen MR) is 59.5 cm³/mol. The summed E-state index contributed by atoms with van der Waals surface area (Å²) in [4.78, 5) is 12.9. The van der Waals surface area contributed by atoms with Gasteiger partial charge in [-0.2, -0.15) is 0 Å². The van der Waals surface area contributed by atoms with Crippen LogP contribution in [0.5, 0.6) is 0 Å². The number of hydrogen-bond donors (Lipinski definition) is 1. The van der Waals surface area contributed by atoms with Gasteiger partial charge in [-0.15, -0.1) is 0 Å². The van der Waals surface area contributed by atoms with Gasteiger partial charge in [-0.05, 0) is 19.4 Å². The van der Waals surface area contributed by atoms with Crippen LogP contribution in [0.15, 0.2) is 0 Å². The lowest BCUT2D eigenvalue weighted by molar-refractivity contribution is -0.141. The number of likely N-dealkylation sites (tertiary alicyclic amines) is 1. The summed E-state index contributed by atoms with van der Waals surface area (Å²) in [6.07, 6.45) is 1.67. The summed E-state index contributed by atoms with van der Waals surface area (Å²) in [5, 5.41) is 8.83. The number of carbonyl (C=O) groups is 1. The van der Waals surface area contributed by atoms with E-state index in [0.717, 1.165) is 32.5 Å². The second kappa shape index (κ2) is 7.60. The number of rotatable bonds is 8. The van der Waals surface area contributed by atoms with Crippen molar-refractivity contribution < 1.29 is 19.4 Å². The van der Waals surface area contributed by atoms with Gasteiger partial charge in [-0.1, -0.05) is 0 Å². The third kappa shape index (κ3) is 4.92. The molecule has 0 amide bonds. The smallest absolute Gasteiger partial charge is 0.307 e. The van der Waals surface area contributed by atoms with Gasteiger partial charge < -0.3 is 19.5 Å². The van der Waals surface area contributed by atoms with Gasteiger partial charge >= 0.3 is 5.97 Å². The molecule has 5 nitrogen and oxygen atoms in total. The summed E-state index contributed by atoms with van der Waals surface area (Å²) in [5.41, 5.74) is 0. The van der Waals surface area contributed by atoms with Crippen LogP contribution in [-0.4, -0.2) is 62.5 Å². The maximum Gasteiger partial charge on any atom is 0.307 e. The third-order valence-corrected chi connectivity index (χ3v) is 2.81. The Morgan fingerprint density at radius 3 is 2.88 bits per heavy atom. The zero-order chi connectivity index (χ0) is 11.8. The first kappa shape index (κ1) is 13.4. The molecule has 0 aromatic rings. The van der Waals surface area contributed by atoms with Crippen molar-refractivity contribution in [3.63, 3.8) is 0 Å². The van der Waals surface area contributed by atoms with Crippen molar-refractivity contribution in [2.24, 2.45) is 5.92 Å². The van der Waals surface area contributed by atoms with Crippen LogP contribution >= 0.6 is 0 Å². The van der Waals surface area contributed by atoms with Crippen LogP contribution in [-0.2, 0) is 14.3 Å². The molecule has 1 atom stereocenters. The molecule has 0 aliphatic carbocycles. The lowest BCUT2D eigenvalue weighted by atomic mass is 10.1. The minimum absolute atomic E-state index is 0.187. The normalized spacial score (nSPS) is 21.4. The van der Waals surface area contributed by atoms with E-state index in [4.69, 9.17) is 14.6 Å². The van der Waals surface area contributed by atoms with Crippen LogP contribution in [0.25, 0.3) is 0 Å². The fraction of sp³-hybridized carbons (Fsp3) is 0.909. The molecule has 1 rings (SSSR count). The van der Waals surface area contributed by atoms with Crippen molar-refractivity contribution in [2.75, 3.05) is 46.6 Å². The molecule has 1 saturated heterocycles. The predicted octanol–water partition coefficient (Wildman–Crippen LogP) is 0.446. The van der Waals surface area contributed by atoms with Crippen LogP contribution in [0.2, 0.25) is 0 Å². The lowest BCUT2D eigenvalue weighted by Gasteiger charge is -2.14. The molecule has 0 bridgehead atoms. The van der Waals surface area contributed by atoms with Crippen molar-refractivity contribution in [1.82, 2.24) is 4.90 Å². The van der Waals surface area contributed by atoms with E-state index in [9.17, 15) is 4.79 Å². The van der Waals surface area contributed by atoms with Crippen molar-refractivity contribution >= 4 is 5.97 Å². The van der Waals surface area contributed by atoms with Crippen molar-refractivity contribution in [1.29, 1.82) is 0 Å². The molecule has 0 aromatic carbocycles. The van der Waals surface area contributed by atoms with E-state index in [1.807, 2.05) is 0 Å². The minimum atomic E-state index is -0.677. The number of carboxylic acids is 1. The average Bonchev–Trinajstić information content (AvgIpc) is 2.72. The monoisotopic (exact) mass is 231 g/mol. The summed E-state index contributed by atoms with van der Waals surface area (Å²) in [7, 11) is 1.68. The van der Waals surface area contributed by atoms with E-state index in [-0.39, 0.29) is 5.92 Å². The van der Waals surface area contributed by atoms with E-state index in [1.165, 1.54) is 0 Å². The Bertz CT molecular complexity index is 210. The molecular formula is C11H21NO4. The topological polar surface area (TPSA) is 59.0 Å². The summed E-state index contributed by atoms with van der Waals surface area (Å²) in [6.45, 7) is 4.48. The van der Waals surface area contributed by atoms with E-state index < -0.39 is 5.97 Å². The molecule has 1 fully saturated rings. The van der Waals surface area contributed by atoms with Gasteiger partial charge in [0.2, 0.25) is 0 Å². The first-order valence-corrected chi connectivity index (χ1v) is 5.76. The molecule has 16 heavy (non-hydrogen) atoms. The second-order valence-corrected chi connectivity index (χ2v) is 4.08. The molecule has 1 aliphatic rings. The van der Waals surface area contributed by atoms with Gasteiger partial charge in [0, 0.05) is 33.4 Å². The Morgan fingerprint density at radius 2 is 2.25 bits per heavy atom. The number of nitrogens with zero attached hydrogens (tertiary/aromatic N) is 1. The van der Waals surface area contributed by atoms with E-state index in [1.54, 1.807) is 7.11 Å². The quantitative estimate of drug-likeness (QED) is 0.614. The molecule has 1 aliphatic heterocycles. The maximum absolute atomic E-state index is 10.7. The number of carboxylic acid groups (broad SMARTS) is 1. The minimum Gasteiger partial charge on any atom is -0.481 e. The molecule has 0 saturated carbocycles. The number of hydrogen-bond acceptors (Lipinski definition) is 4. The van der Waals surface area contributed by atoms with E-state index >= 15 is 0 Å². The van der Waals surface area contributed by atoms with Gasteiger partial charge in [0.1, 0.15) is 0 Å². The molecule has 0 aromatic heterocycles. The van der Waals surface area contributed by atoms with Gasteiger partial charge in [-0.3, -0.25) is 4.79 Å². The average molecular weight is 231 g/mol. The number of ether oxygens (including phenoxy) is 2. The van der Waals surface area contributed by atoms with Crippen LogP contribution < -0.4 is 0 Å². The Labute approximate surface area is 96.3 Å². The van der Waals surface area contributed by atoms with Crippen LogP contribution in [0.1, 0.15) is 12.8 Å². The summed E-state index contributed by atoms with van der Waals surface area (Å²) >= 11 is 0. The molecule has 1 N–H and O–H groups in total. The number of aliphatic carboxylic acids is 1. The highest BCUT2D eigenvalue weighted by Gasteiger charge is 2.27. The molecular weight excluding hydrogens is 210 g/mol. The van der Waals surface area contributed by atoms with E-state index in [2.05, 4.69) is 4.90 Å². The first-order valence-electron chi connectivity index (χ1n) is 5.76. The van der Waals surface area contributed by atoms with Crippen LogP contribution in [0.3, 0.4) is 0 Å². The zero-order valence-electron chi connectivity index (χ0n) is 9.85. The fourth-order valence-electron chi connectivity index (χ4n) is 1.84. The summed E-state index contributed by atoms with van der Waals surface area (Å²) in [5.74, 6) is -0.864. The molecule has 1 heterocycles. The largest absolute Gasteiger partial charge is 0.481 e. The highest BCUT2D eigenvalue weighted by Crippen LogP contribution is 2.15. The molecule has 0 radical (unpaired) electrons. The number of methoxy groups -OCH3 is 1. The first-order chi connectivity index (χ1) is 7.74. The second-order valence-electron chi connectivity index (χ2n) is 4.08. The Hall–Kier alpha value is -0.650. The molecule has 5 heteroatoms. The van der Waals surface area contributed by atoms with Crippen molar-refractivity contribution in [3.05, 3.63) is 0 Å². The van der Waals surface area contributed by atoms with Crippen molar-refractivity contribution in [3.8, 4) is 0 Å². The Kier molecular flexibility index (Phi) is 6.37. The van der Waals surface area contributed by atoms with Gasteiger partial charge in [-0.25, -0.2) is 0 Å².